The average Bonchev–Trinajstić information content (AvgIpc) is 2.71. The van der Waals surface area contributed by atoms with Gasteiger partial charge in [-0.15, -0.1) is 5.10 Å². The van der Waals surface area contributed by atoms with Crippen molar-refractivity contribution in [1.82, 2.24) is 15.0 Å². The van der Waals surface area contributed by atoms with Crippen LogP contribution in [0, 0.1) is 0 Å². The number of ether oxygens (including phenoxy) is 1. The van der Waals surface area contributed by atoms with E-state index in [0.717, 1.165) is 0 Å². The van der Waals surface area contributed by atoms with Crippen molar-refractivity contribution in [3.05, 3.63) is 23.8 Å². The molecule has 0 bridgehead atoms. The lowest BCUT2D eigenvalue weighted by Crippen LogP contribution is -2.12. The zero-order valence-electron chi connectivity index (χ0n) is 8.95. The third-order valence-electron chi connectivity index (χ3n) is 2.27. The van der Waals surface area contributed by atoms with Crippen LogP contribution < -0.4 is 0 Å². The number of nitrogens with zero attached hydrogens (tertiary/aromatic N) is 3. The number of fused-ring (bicyclic) bond motifs is 1. The quantitative estimate of drug-likeness (QED) is 0.769. The number of hydrogen-bond acceptors (Lipinski definition) is 5. The maximum atomic E-state index is 11.1. The molecule has 0 aliphatic carbocycles. The Balaban J connectivity index is 2.46. The SMILES string of the molecule is COC(=O)Cn1nnc2ccc(C(=O)O)cc21. The van der Waals surface area contributed by atoms with E-state index in [-0.39, 0.29) is 12.1 Å². The van der Waals surface area contributed by atoms with Gasteiger partial charge in [0.2, 0.25) is 0 Å². The van der Waals surface area contributed by atoms with Crippen molar-refractivity contribution in [3.8, 4) is 0 Å². The molecule has 0 atom stereocenters. The number of rotatable bonds is 3. The Morgan fingerprint density at radius 3 is 2.88 bits per heavy atom. The van der Waals surface area contributed by atoms with Crippen molar-refractivity contribution in [1.29, 1.82) is 0 Å². The summed E-state index contributed by atoms with van der Waals surface area (Å²) in [5.41, 5.74) is 1.13. The van der Waals surface area contributed by atoms with Crippen molar-refractivity contribution >= 4 is 23.0 Å². The second kappa shape index (κ2) is 4.20. The summed E-state index contributed by atoms with van der Waals surface area (Å²) in [6.07, 6.45) is 0. The zero-order valence-corrected chi connectivity index (χ0v) is 8.95. The summed E-state index contributed by atoms with van der Waals surface area (Å²) in [6.45, 7) is -0.101. The number of carbonyl (C=O) groups excluding carboxylic acids is 1. The molecule has 0 saturated carbocycles. The molecule has 88 valence electrons. The first-order chi connectivity index (χ1) is 8.11. The van der Waals surface area contributed by atoms with Crippen LogP contribution >= 0.6 is 0 Å². The molecule has 0 spiro atoms. The summed E-state index contributed by atoms with van der Waals surface area (Å²) in [5.74, 6) is -1.52. The summed E-state index contributed by atoms with van der Waals surface area (Å²) in [4.78, 5) is 21.9. The number of carbonyl (C=O) groups is 2. The van der Waals surface area contributed by atoms with Gasteiger partial charge in [0.25, 0.3) is 0 Å². The Hall–Kier alpha value is -2.44. The monoisotopic (exact) mass is 235 g/mol. The standard InChI is InChI=1S/C10H9N3O4/c1-17-9(14)5-13-8-4-6(10(15)16)2-3-7(8)11-12-13/h2-4H,5H2,1H3,(H,15,16). The minimum absolute atomic E-state index is 0.101. The van der Waals surface area contributed by atoms with Crippen LogP contribution in [0.25, 0.3) is 11.0 Å². The first kappa shape index (κ1) is 11.1. The topological polar surface area (TPSA) is 94.3 Å². The molecule has 7 nitrogen and oxygen atoms in total. The van der Waals surface area contributed by atoms with Crippen molar-refractivity contribution in [2.75, 3.05) is 7.11 Å². The van der Waals surface area contributed by atoms with E-state index in [1.54, 1.807) is 6.07 Å². The van der Waals surface area contributed by atoms with Crippen LogP contribution in [0.3, 0.4) is 0 Å². The molecule has 0 amide bonds. The highest BCUT2D eigenvalue weighted by atomic mass is 16.5. The van der Waals surface area contributed by atoms with Crippen LogP contribution in [-0.2, 0) is 16.1 Å². The molecule has 1 N–H and O–H groups in total. The summed E-state index contributed by atoms with van der Waals surface area (Å²) in [5, 5.41) is 16.4. The molecule has 0 unspecified atom stereocenters. The van der Waals surface area contributed by atoms with Crippen LogP contribution in [0.1, 0.15) is 10.4 Å². The molecule has 1 aromatic heterocycles. The molecule has 1 aromatic carbocycles. The van der Waals surface area contributed by atoms with Crippen molar-refractivity contribution in [2.24, 2.45) is 0 Å². The van der Waals surface area contributed by atoms with Gasteiger partial charge in [0, 0.05) is 0 Å². The van der Waals surface area contributed by atoms with Crippen molar-refractivity contribution in [3.63, 3.8) is 0 Å². The first-order valence-corrected chi connectivity index (χ1v) is 4.75. The van der Waals surface area contributed by atoms with E-state index in [1.165, 1.54) is 23.9 Å². The van der Waals surface area contributed by atoms with E-state index in [2.05, 4.69) is 15.0 Å². The van der Waals surface area contributed by atoms with Gasteiger partial charge in [0.15, 0.2) is 0 Å². The summed E-state index contributed by atoms with van der Waals surface area (Å²) >= 11 is 0. The predicted molar refractivity (Wildman–Crippen MR) is 56.5 cm³/mol. The van der Waals surface area contributed by atoms with E-state index >= 15 is 0 Å². The van der Waals surface area contributed by atoms with E-state index in [1.807, 2.05) is 0 Å². The number of esters is 1. The fourth-order valence-electron chi connectivity index (χ4n) is 1.40. The minimum atomic E-state index is -1.04. The summed E-state index contributed by atoms with van der Waals surface area (Å²) < 4.78 is 5.81. The number of carboxylic acid groups (broad SMARTS) is 1. The number of aromatic nitrogens is 3. The van der Waals surface area contributed by atoms with E-state index in [9.17, 15) is 9.59 Å². The number of carboxylic acids is 1. The second-order valence-corrected chi connectivity index (χ2v) is 3.33. The minimum Gasteiger partial charge on any atom is -0.478 e. The van der Waals surface area contributed by atoms with Crippen LogP contribution in [0.4, 0.5) is 0 Å². The average molecular weight is 235 g/mol. The Labute approximate surface area is 95.6 Å². The third kappa shape index (κ3) is 2.07. The molecule has 2 rings (SSSR count). The number of methoxy groups -OCH3 is 1. The van der Waals surface area contributed by atoms with E-state index in [0.29, 0.717) is 11.0 Å². The van der Waals surface area contributed by atoms with Gasteiger partial charge in [-0.2, -0.15) is 0 Å². The maximum absolute atomic E-state index is 11.1. The molecule has 0 saturated heterocycles. The second-order valence-electron chi connectivity index (χ2n) is 3.33. The fraction of sp³-hybridized carbons (Fsp3) is 0.200. The van der Waals surface area contributed by atoms with Crippen LogP contribution in [0.5, 0.6) is 0 Å². The molecule has 2 aromatic rings. The van der Waals surface area contributed by atoms with Gasteiger partial charge >= 0.3 is 11.9 Å². The zero-order chi connectivity index (χ0) is 12.4. The molecule has 0 fully saturated rings. The van der Waals surface area contributed by atoms with Crippen LogP contribution in [0.15, 0.2) is 18.2 Å². The smallest absolute Gasteiger partial charge is 0.335 e. The van der Waals surface area contributed by atoms with Gasteiger partial charge in [-0.25, -0.2) is 9.48 Å². The van der Waals surface area contributed by atoms with Gasteiger partial charge in [0.1, 0.15) is 12.1 Å². The van der Waals surface area contributed by atoms with Crippen molar-refractivity contribution < 1.29 is 19.4 Å². The van der Waals surface area contributed by atoms with Gasteiger partial charge in [-0.05, 0) is 18.2 Å². The molecule has 17 heavy (non-hydrogen) atoms. The lowest BCUT2D eigenvalue weighted by Gasteiger charge is -2.00. The Morgan fingerprint density at radius 2 is 2.24 bits per heavy atom. The Kier molecular flexibility index (Phi) is 2.73. The normalized spacial score (nSPS) is 10.4. The highest BCUT2D eigenvalue weighted by molar-refractivity contribution is 5.92. The predicted octanol–water partition coefficient (Wildman–Crippen LogP) is 0.302. The highest BCUT2D eigenvalue weighted by Crippen LogP contribution is 2.13. The largest absolute Gasteiger partial charge is 0.478 e. The Bertz CT molecular complexity index is 590. The van der Waals surface area contributed by atoms with Gasteiger partial charge < -0.3 is 9.84 Å². The highest BCUT2D eigenvalue weighted by Gasteiger charge is 2.11. The lowest BCUT2D eigenvalue weighted by molar-refractivity contribution is -0.141. The van der Waals surface area contributed by atoms with Gasteiger partial charge in [-0.3, -0.25) is 4.79 Å². The van der Waals surface area contributed by atoms with Crippen LogP contribution in [-0.4, -0.2) is 39.1 Å². The molecule has 0 aliphatic heterocycles. The summed E-state index contributed by atoms with van der Waals surface area (Å²) in [7, 11) is 1.27. The van der Waals surface area contributed by atoms with Crippen LogP contribution in [0.2, 0.25) is 0 Å². The number of aromatic carboxylic acids is 1. The molecule has 7 heteroatoms. The summed E-state index contributed by atoms with van der Waals surface area (Å²) in [6, 6.07) is 4.39. The van der Waals surface area contributed by atoms with Gasteiger partial charge in [0.05, 0.1) is 18.2 Å². The lowest BCUT2D eigenvalue weighted by atomic mass is 10.2. The van der Waals surface area contributed by atoms with Gasteiger partial charge in [-0.1, -0.05) is 5.21 Å². The molecule has 1 heterocycles. The maximum Gasteiger partial charge on any atom is 0.335 e. The number of hydrogen-bond donors (Lipinski definition) is 1. The third-order valence-corrected chi connectivity index (χ3v) is 2.27. The molecule has 0 aliphatic rings. The Morgan fingerprint density at radius 1 is 1.47 bits per heavy atom. The fourth-order valence-corrected chi connectivity index (χ4v) is 1.40. The molecule has 0 radical (unpaired) electrons. The van der Waals surface area contributed by atoms with E-state index < -0.39 is 11.9 Å². The van der Waals surface area contributed by atoms with Crippen molar-refractivity contribution in [2.45, 2.75) is 6.54 Å². The number of benzene rings is 1. The first-order valence-electron chi connectivity index (χ1n) is 4.75. The van der Waals surface area contributed by atoms with E-state index in [4.69, 9.17) is 5.11 Å². The molecular weight excluding hydrogens is 226 g/mol. The molecular formula is C10H9N3O4.